The van der Waals surface area contributed by atoms with Crippen molar-refractivity contribution in [1.82, 2.24) is 0 Å². The third kappa shape index (κ3) is 7.77. The van der Waals surface area contributed by atoms with Gasteiger partial charge in [-0.1, -0.05) is 15.9 Å². The summed E-state index contributed by atoms with van der Waals surface area (Å²) in [5, 5.41) is 2.83. The molecule has 0 radical (unpaired) electrons. The Hall–Kier alpha value is -2.54. The molecule has 12 heteroatoms. The molecule has 0 amide bonds. The third-order valence-electron chi connectivity index (χ3n) is 4.27. The number of carbonyl (C=O) groups is 1. The average Bonchev–Trinajstić information content (AvgIpc) is 2.81. The van der Waals surface area contributed by atoms with Crippen LogP contribution in [0.25, 0.3) is 0 Å². The van der Waals surface area contributed by atoms with Crippen molar-refractivity contribution in [3.8, 4) is 5.75 Å². The van der Waals surface area contributed by atoms with E-state index in [0.29, 0.717) is 5.69 Å². The first-order valence-electron chi connectivity index (χ1n) is 9.94. The van der Waals surface area contributed by atoms with Gasteiger partial charge in [0, 0.05) is 4.47 Å². The van der Waals surface area contributed by atoms with E-state index in [4.69, 9.17) is 18.9 Å². The van der Waals surface area contributed by atoms with Gasteiger partial charge in [-0.2, -0.15) is 0 Å². The van der Waals surface area contributed by atoms with Crippen LogP contribution in [0.15, 0.2) is 57.0 Å². The first kappa shape index (κ1) is 26.7. The number of anilines is 1. The number of benzene rings is 2. The fourth-order valence-electron chi connectivity index (χ4n) is 2.76. The minimum atomic E-state index is -4.14. The van der Waals surface area contributed by atoms with Crippen LogP contribution in [0.1, 0.15) is 6.92 Å². The van der Waals surface area contributed by atoms with Crippen LogP contribution >= 0.6 is 15.9 Å². The van der Waals surface area contributed by atoms with Crippen LogP contribution in [0, 0.1) is 4.91 Å². The van der Waals surface area contributed by atoms with Crippen molar-refractivity contribution < 1.29 is 32.2 Å². The summed E-state index contributed by atoms with van der Waals surface area (Å²) in [7, 11) is -2.80. The lowest BCUT2D eigenvalue weighted by atomic mass is 10.3. The molecule has 0 atom stereocenters. The molecule has 0 fully saturated rings. The maximum absolute atomic E-state index is 13.5. The molecule has 0 N–H and O–H groups in total. The van der Waals surface area contributed by atoms with E-state index in [2.05, 4.69) is 21.1 Å². The van der Waals surface area contributed by atoms with Crippen molar-refractivity contribution in [1.29, 1.82) is 0 Å². The Morgan fingerprint density at radius 2 is 1.76 bits per heavy atom. The maximum atomic E-state index is 13.5. The van der Waals surface area contributed by atoms with Gasteiger partial charge in [-0.05, 0) is 54.6 Å². The van der Waals surface area contributed by atoms with Gasteiger partial charge in [0.2, 0.25) is 0 Å². The second-order valence-electron chi connectivity index (χ2n) is 6.45. The van der Waals surface area contributed by atoms with Crippen LogP contribution in [0.2, 0.25) is 0 Å². The maximum Gasteiger partial charge on any atom is 0.332 e. The Morgan fingerprint density at radius 3 is 2.39 bits per heavy atom. The molecule has 0 unspecified atom stereocenters. The summed E-state index contributed by atoms with van der Waals surface area (Å²) >= 11 is 3.33. The van der Waals surface area contributed by atoms with E-state index in [0.717, 1.165) is 14.8 Å². The van der Waals surface area contributed by atoms with Crippen molar-refractivity contribution in [2.75, 3.05) is 51.0 Å². The van der Waals surface area contributed by atoms with Crippen LogP contribution in [0.3, 0.4) is 0 Å². The number of hydrogen-bond donors (Lipinski definition) is 0. The molecule has 0 bridgehead atoms. The highest BCUT2D eigenvalue weighted by atomic mass is 79.9. The molecule has 0 saturated carbocycles. The molecule has 0 spiro atoms. The van der Waals surface area contributed by atoms with Crippen molar-refractivity contribution in [3.05, 3.63) is 51.8 Å². The zero-order chi connectivity index (χ0) is 24.3. The van der Waals surface area contributed by atoms with Crippen molar-refractivity contribution >= 4 is 43.3 Å². The number of rotatable bonds is 14. The number of methoxy groups -OCH3 is 1. The molecule has 0 aliphatic carbocycles. The number of halogens is 1. The summed E-state index contributed by atoms with van der Waals surface area (Å²) in [5.41, 5.74) is 0.354. The highest BCUT2D eigenvalue weighted by Gasteiger charge is 2.29. The van der Waals surface area contributed by atoms with Gasteiger partial charge in [0.1, 0.15) is 22.9 Å². The second kappa shape index (κ2) is 13.2. The van der Waals surface area contributed by atoms with Crippen molar-refractivity contribution in [3.63, 3.8) is 0 Å². The van der Waals surface area contributed by atoms with Gasteiger partial charge in [0.05, 0.1) is 45.8 Å². The van der Waals surface area contributed by atoms with E-state index >= 15 is 0 Å². The normalized spacial score (nSPS) is 11.1. The quantitative estimate of drug-likeness (QED) is 0.201. The third-order valence-corrected chi connectivity index (χ3v) is 6.65. The van der Waals surface area contributed by atoms with Crippen LogP contribution in [0.5, 0.6) is 5.75 Å². The zero-order valence-electron chi connectivity index (χ0n) is 18.2. The molecular weight excluding hydrogens is 520 g/mol. The van der Waals surface area contributed by atoms with Gasteiger partial charge in [0.15, 0.2) is 0 Å². The topological polar surface area (TPSA) is 121 Å². The van der Waals surface area contributed by atoms with E-state index in [1.165, 1.54) is 19.2 Å². The summed E-state index contributed by atoms with van der Waals surface area (Å²) in [6, 6.07) is 10.6. The molecular formula is C21H25BrN2O8S. The minimum Gasteiger partial charge on any atom is -0.495 e. The molecule has 10 nitrogen and oxygen atoms in total. The van der Waals surface area contributed by atoms with E-state index in [9.17, 15) is 18.1 Å². The predicted octanol–water partition coefficient (Wildman–Crippen LogP) is 3.65. The minimum absolute atomic E-state index is 0.0241. The molecule has 2 rings (SSSR count). The van der Waals surface area contributed by atoms with Crippen LogP contribution < -0.4 is 9.04 Å². The summed E-state index contributed by atoms with van der Waals surface area (Å²) in [4.78, 5) is 22.0. The molecule has 0 aliphatic rings. The molecule has 0 heterocycles. The first-order valence-corrected chi connectivity index (χ1v) is 12.2. The fraction of sp³-hybridized carbons (Fsp3) is 0.381. The van der Waals surface area contributed by atoms with E-state index in [1.54, 1.807) is 31.2 Å². The summed E-state index contributed by atoms with van der Waals surface area (Å²) in [5.74, 6) is -0.385. The smallest absolute Gasteiger partial charge is 0.332 e. The number of ether oxygens (including phenoxy) is 4. The number of nitroso groups, excluding NO2 is 1. The molecule has 0 aromatic heterocycles. The highest BCUT2D eigenvalue weighted by molar-refractivity contribution is 9.10. The lowest BCUT2D eigenvalue weighted by Crippen LogP contribution is -2.34. The van der Waals surface area contributed by atoms with E-state index in [-0.39, 0.29) is 55.9 Å². The molecule has 2 aromatic rings. The van der Waals surface area contributed by atoms with Gasteiger partial charge in [-0.3, -0.25) is 4.31 Å². The largest absolute Gasteiger partial charge is 0.495 e. The summed E-state index contributed by atoms with van der Waals surface area (Å²) in [6.07, 6.45) is 0. The summed E-state index contributed by atoms with van der Waals surface area (Å²) < 4.78 is 49.6. The second-order valence-corrected chi connectivity index (χ2v) is 9.20. The predicted molar refractivity (Wildman–Crippen MR) is 125 cm³/mol. The Bertz CT molecular complexity index is 1030. The molecule has 33 heavy (non-hydrogen) atoms. The van der Waals surface area contributed by atoms with E-state index < -0.39 is 16.0 Å². The monoisotopic (exact) mass is 544 g/mol. The number of carbonyl (C=O) groups excluding carboxylic acids is 1. The van der Waals surface area contributed by atoms with Gasteiger partial charge < -0.3 is 18.9 Å². The number of hydrogen-bond acceptors (Lipinski definition) is 9. The van der Waals surface area contributed by atoms with Crippen molar-refractivity contribution in [2.45, 2.75) is 11.8 Å². The van der Waals surface area contributed by atoms with Gasteiger partial charge >= 0.3 is 5.97 Å². The Labute approximate surface area is 200 Å². The lowest BCUT2D eigenvalue weighted by molar-refractivity contribution is -0.148. The molecule has 180 valence electrons. The van der Waals surface area contributed by atoms with Gasteiger partial charge in [-0.15, -0.1) is 4.91 Å². The van der Waals surface area contributed by atoms with Gasteiger partial charge in [-0.25, -0.2) is 13.2 Å². The SMILES string of the molecule is CCOC(=O)COCCOCCN(c1ccc(Br)cc1)S(=O)(=O)c1cc(N=O)ccc1OC. The average molecular weight is 545 g/mol. The van der Waals surface area contributed by atoms with Crippen LogP contribution in [-0.4, -0.2) is 61.1 Å². The number of sulfonamides is 1. The number of nitrogens with zero attached hydrogens (tertiary/aromatic N) is 2. The fourth-order valence-corrected chi connectivity index (χ4v) is 4.65. The highest BCUT2D eigenvalue weighted by Crippen LogP contribution is 2.33. The van der Waals surface area contributed by atoms with Gasteiger partial charge in [0.25, 0.3) is 10.0 Å². The van der Waals surface area contributed by atoms with Crippen molar-refractivity contribution in [2.24, 2.45) is 5.18 Å². The number of esters is 1. The molecule has 2 aromatic carbocycles. The van der Waals surface area contributed by atoms with Crippen LogP contribution in [0.4, 0.5) is 11.4 Å². The van der Waals surface area contributed by atoms with E-state index in [1.807, 2.05) is 0 Å². The van der Waals surface area contributed by atoms with Crippen LogP contribution in [-0.2, 0) is 29.0 Å². The Kier molecular flexibility index (Phi) is 10.7. The Morgan fingerprint density at radius 1 is 1.06 bits per heavy atom. The molecule has 0 aliphatic heterocycles. The lowest BCUT2D eigenvalue weighted by Gasteiger charge is -2.25. The summed E-state index contributed by atoms with van der Waals surface area (Å²) in [6.45, 7) is 2.11. The zero-order valence-corrected chi connectivity index (χ0v) is 20.6. The first-order chi connectivity index (χ1) is 15.8. The standard InChI is InChI=1S/C21H25BrN2O8S/c1-3-32-21(25)15-31-13-12-30-11-10-24(18-7-4-16(22)5-8-18)33(27,28)20-14-17(23-26)6-9-19(20)29-2/h4-9,14H,3,10-13,15H2,1-2H3. The Balaban J connectivity index is 2.14. The molecule has 0 saturated heterocycles.